The smallest absolute Gasteiger partial charge is 0.322 e. The monoisotopic (exact) mass is 282 g/mol. The van der Waals surface area contributed by atoms with Gasteiger partial charge < -0.3 is 5.32 Å². The molecular formula is C14H13F3N2O. The van der Waals surface area contributed by atoms with Crippen LogP contribution >= 0.6 is 0 Å². The number of anilines is 1. The number of nitrogens with one attached hydrogen (secondary N) is 1. The second-order valence-electron chi connectivity index (χ2n) is 4.20. The quantitative estimate of drug-likeness (QED) is 0.855. The maximum Gasteiger partial charge on any atom is 0.417 e. The van der Waals surface area contributed by atoms with Gasteiger partial charge in [-0.1, -0.05) is 12.5 Å². The van der Waals surface area contributed by atoms with Crippen LogP contribution in [0.3, 0.4) is 0 Å². The molecular weight excluding hydrogens is 269 g/mol. The fourth-order valence-corrected chi connectivity index (χ4v) is 1.46. The van der Waals surface area contributed by atoms with Gasteiger partial charge in [0.1, 0.15) is 0 Å². The molecule has 1 aromatic carbocycles. The zero-order valence-electron chi connectivity index (χ0n) is 11.0. The van der Waals surface area contributed by atoms with E-state index in [4.69, 9.17) is 5.26 Å². The molecule has 0 spiro atoms. The molecule has 1 N–H and O–H groups in total. The number of rotatable bonds is 3. The van der Waals surface area contributed by atoms with Crippen molar-refractivity contribution < 1.29 is 18.0 Å². The molecule has 0 aliphatic carbocycles. The molecule has 3 nitrogen and oxygen atoms in total. The summed E-state index contributed by atoms with van der Waals surface area (Å²) >= 11 is 0. The summed E-state index contributed by atoms with van der Waals surface area (Å²) in [7, 11) is 0. The lowest BCUT2D eigenvalue weighted by Crippen LogP contribution is -2.12. The lowest BCUT2D eigenvalue weighted by atomic mass is 10.1. The van der Waals surface area contributed by atoms with E-state index in [1.807, 2.05) is 6.92 Å². The average Bonchev–Trinajstić information content (AvgIpc) is 2.37. The van der Waals surface area contributed by atoms with Crippen LogP contribution in [0.2, 0.25) is 0 Å². The second-order valence-corrected chi connectivity index (χ2v) is 4.20. The molecule has 0 radical (unpaired) electrons. The second kappa shape index (κ2) is 6.24. The Kier molecular flexibility index (Phi) is 4.92. The lowest BCUT2D eigenvalue weighted by molar-refractivity contribution is -0.137. The standard InChI is InChI=1S/C14H13F3N2O/c1-3-9(2)6-13(20)19-11-5-4-10(8-18)12(7-11)14(15,16)17/h4-7H,3H2,1-2H3,(H,19,20)/b9-6-. The Morgan fingerprint density at radius 1 is 1.45 bits per heavy atom. The fourth-order valence-electron chi connectivity index (χ4n) is 1.46. The van der Waals surface area contributed by atoms with Gasteiger partial charge >= 0.3 is 6.18 Å². The van der Waals surface area contributed by atoms with Crippen LogP contribution < -0.4 is 5.32 Å². The highest BCUT2D eigenvalue weighted by Crippen LogP contribution is 2.33. The van der Waals surface area contributed by atoms with Crippen molar-refractivity contribution in [2.45, 2.75) is 26.4 Å². The number of amides is 1. The summed E-state index contributed by atoms with van der Waals surface area (Å²) in [5, 5.41) is 11.0. The third-order valence-corrected chi connectivity index (χ3v) is 2.65. The van der Waals surface area contributed by atoms with Crippen LogP contribution in [0.1, 0.15) is 31.4 Å². The van der Waals surface area contributed by atoms with E-state index in [-0.39, 0.29) is 5.69 Å². The maximum atomic E-state index is 12.7. The highest BCUT2D eigenvalue weighted by atomic mass is 19.4. The van der Waals surface area contributed by atoms with Gasteiger partial charge in [-0.05, 0) is 31.5 Å². The maximum absolute atomic E-state index is 12.7. The topological polar surface area (TPSA) is 52.9 Å². The molecule has 0 atom stereocenters. The minimum atomic E-state index is -4.64. The van der Waals surface area contributed by atoms with E-state index in [0.29, 0.717) is 6.42 Å². The van der Waals surface area contributed by atoms with Gasteiger partial charge in [0.05, 0.1) is 17.2 Å². The molecule has 1 amide bonds. The van der Waals surface area contributed by atoms with Crippen molar-refractivity contribution in [3.63, 3.8) is 0 Å². The largest absolute Gasteiger partial charge is 0.417 e. The van der Waals surface area contributed by atoms with Crippen LogP contribution in [0.15, 0.2) is 29.8 Å². The third-order valence-electron chi connectivity index (χ3n) is 2.65. The molecule has 0 aliphatic heterocycles. The summed E-state index contributed by atoms with van der Waals surface area (Å²) in [5.74, 6) is -0.498. The molecule has 6 heteroatoms. The molecule has 0 aliphatic rings. The Bertz CT molecular complexity index is 583. The van der Waals surface area contributed by atoms with Crippen molar-refractivity contribution >= 4 is 11.6 Å². The van der Waals surface area contributed by atoms with E-state index in [0.717, 1.165) is 17.7 Å². The Hall–Kier alpha value is -2.29. The molecule has 0 saturated carbocycles. The molecule has 0 unspecified atom stereocenters. The van der Waals surface area contributed by atoms with Crippen molar-refractivity contribution in [3.05, 3.63) is 41.0 Å². The van der Waals surface area contributed by atoms with Crippen LogP contribution in [-0.2, 0) is 11.0 Å². The van der Waals surface area contributed by atoms with Gasteiger partial charge in [-0.3, -0.25) is 4.79 Å². The Labute approximate surface area is 114 Å². The first-order chi connectivity index (χ1) is 9.27. The van der Waals surface area contributed by atoms with Crippen LogP contribution in [0.25, 0.3) is 0 Å². The van der Waals surface area contributed by atoms with E-state index >= 15 is 0 Å². The van der Waals surface area contributed by atoms with E-state index < -0.39 is 23.2 Å². The summed E-state index contributed by atoms with van der Waals surface area (Å²) in [6.07, 6.45) is -2.64. The van der Waals surface area contributed by atoms with Crippen molar-refractivity contribution in [2.24, 2.45) is 0 Å². The normalized spacial score (nSPS) is 11.9. The zero-order valence-corrected chi connectivity index (χ0v) is 11.0. The van der Waals surface area contributed by atoms with Gasteiger partial charge in [-0.15, -0.1) is 0 Å². The zero-order chi connectivity index (χ0) is 15.3. The van der Waals surface area contributed by atoms with Gasteiger partial charge in [-0.2, -0.15) is 18.4 Å². The molecule has 0 fully saturated rings. The summed E-state index contributed by atoms with van der Waals surface area (Å²) in [6, 6.07) is 4.54. The van der Waals surface area contributed by atoms with Gasteiger partial charge in [0, 0.05) is 11.8 Å². The molecule has 1 aromatic rings. The predicted molar refractivity (Wildman–Crippen MR) is 68.8 cm³/mol. The number of alkyl halides is 3. The summed E-state index contributed by atoms with van der Waals surface area (Å²) in [4.78, 5) is 11.6. The molecule has 0 heterocycles. The molecule has 1 rings (SSSR count). The van der Waals surface area contributed by atoms with Crippen molar-refractivity contribution in [1.82, 2.24) is 0 Å². The number of carbonyl (C=O) groups is 1. The van der Waals surface area contributed by atoms with E-state index in [1.54, 1.807) is 6.92 Å². The molecule has 0 aromatic heterocycles. The van der Waals surface area contributed by atoms with Crippen molar-refractivity contribution in [1.29, 1.82) is 5.26 Å². The van der Waals surface area contributed by atoms with Crippen LogP contribution in [-0.4, -0.2) is 5.91 Å². The number of carbonyl (C=O) groups excluding carboxylic acids is 1. The minimum Gasteiger partial charge on any atom is -0.322 e. The highest BCUT2D eigenvalue weighted by molar-refractivity contribution is 5.99. The van der Waals surface area contributed by atoms with Crippen molar-refractivity contribution in [2.75, 3.05) is 5.32 Å². The number of halogens is 3. The van der Waals surface area contributed by atoms with E-state index in [1.165, 1.54) is 18.2 Å². The van der Waals surface area contributed by atoms with Gasteiger partial charge in [0.2, 0.25) is 5.91 Å². The number of nitriles is 1. The van der Waals surface area contributed by atoms with Crippen LogP contribution in [0, 0.1) is 11.3 Å². The molecule has 106 valence electrons. The molecule has 20 heavy (non-hydrogen) atoms. The lowest BCUT2D eigenvalue weighted by Gasteiger charge is -2.11. The first kappa shape index (κ1) is 15.8. The Morgan fingerprint density at radius 2 is 2.10 bits per heavy atom. The summed E-state index contributed by atoms with van der Waals surface area (Å²) in [6.45, 7) is 3.61. The first-order valence-electron chi connectivity index (χ1n) is 5.87. The van der Waals surface area contributed by atoms with Gasteiger partial charge in [0.25, 0.3) is 0 Å². The minimum absolute atomic E-state index is 0.00137. The molecule has 0 saturated heterocycles. The van der Waals surface area contributed by atoms with Crippen LogP contribution in [0.5, 0.6) is 0 Å². The van der Waals surface area contributed by atoms with Crippen molar-refractivity contribution in [3.8, 4) is 6.07 Å². The number of hydrogen-bond acceptors (Lipinski definition) is 2. The highest BCUT2D eigenvalue weighted by Gasteiger charge is 2.33. The van der Waals surface area contributed by atoms with Crippen LogP contribution in [0.4, 0.5) is 18.9 Å². The number of hydrogen-bond donors (Lipinski definition) is 1. The predicted octanol–water partition coefficient (Wildman–Crippen LogP) is 3.87. The Balaban J connectivity index is 3.06. The summed E-state index contributed by atoms with van der Waals surface area (Å²) in [5.41, 5.74) is -0.724. The number of benzene rings is 1. The SMILES string of the molecule is CC/C(C)=C\C(=O)Nc1ccc(C#N)c(C(F)(F)F)c1. The van der Waals surface area contributed by atoms with Gasteiger partial charge in [-0.25, -0.2) is 0 Å². The van der Waals surface area contributed by atoms with Gasteiger partial charge in [0.15, 0.2) is 0 Å². The first-order valence-corrected chi connectivity index (χ1v) is 5.87. The number of allylic oxidation sites excluding steroid dienone is 1. The molecule has 0 bridgehead atoms. The number of nitrogens with zero attached hydrogens (tertiary/aromatic N) is 1. The van der Waals surface area contributed by atoms with E-state index in [9.17, 15) is 18.0 Å². The summed E-state index contributed by atoms with van der Waals surface area (Å²) < 4.78 is 38.2. The third kappa shape index (κ3) is 4.12. The van der Waals surface area contributed by atoms with E-state index in [2.05, 4.69) is 5.32 Å². The fraction of sp³-hybridized carbons (Fsp3) is 0.286. The average molecular weight is 282 g/mol. The Morgan fingerprint density at radius 3 is 2.60 bits per heavy atom.